The van der Waals surface area contributed by atoms with Crippen LogP contribution in [0, 0.1) is 12.3 Å². The van der Waals surface area contributed by atoms with Crippen LogP contribution in [0.3, 0.4) is 0 Å². The molecule has 0 radical (unpaired) electrons. The van der Waals surface area contributed by atoms with Crippen molar-refractivity contribution in [2.24, 2.45) is 4.99 Å². The molecule has 3 rings (SSSR count). The fourth-order valence-electron chi connectivity index (χ4n) is 2.77. The Bertz CT molecular complexity index is 1180. The summed E-state index contributed by atoms with van der Waals surface area (Å²) in [6.07, 6.45) is 8.58. The molecule has 2 aromatic carbocycles. The first-order valence-electron chi connectivity index (χ1n) is 8.69. The maximum atomic E-state index is 12.4. The molecule has 3 aromatic rings. The van der Waals surface area contributed by atoms with Gasteiger partial charge in [-0.25, -0.2) is 0 Å². The predicted octanol–water partition coefficient (Wildman–Crippen LogP) is 3.50. The van der Waals surface area contributed by atoms with E-state index in [0.717, 1.165) is 21.5 Å². The number of carbonyl (C=O) groups is 1. The fourth-order valence-corrected chi connectivity index (χ4v) is 3.83. The summed E-state index contributed by atoms with van der Waals surface area (Å²) in [7, 11) is 4.74. The molecule has 0 saturated heterocycles. The van der Waals surface area contributed by atoms with E-state index in [2.05, 4.69) is 10.9 Å². The highest BCUT2D eigenvalue weighted by molar-refractivity contribution is 7.16. The summed E-state index contributed by atoms with van der Waals surface area (Å²) >= 11 is 1.38. The lowest BCUT2D eigenvalue weighted by Crippen LogP contribution is -2.15. The number of hydrogen-bond acceptors (Lipinski definition) is 5. The second-order valence-electron chi connectivity index (χ2n) is 5.91. The molecule has 1 heterocycles. The summed E-state index contributed by atoms with van der Waals surface area (Å²) < 4.78 is 18.5. The highest BCUT2D eigenvalue weighted by atomic mass is 32.1. The first-order chi connectivity index (χ1) is 14.1. The minimum absolute atomic E-state index is 0.317. The number of methoxy groups -OCH3 is 3. The van der Waals surface area contributed by atoms with Crippen molar-refractivity contribution in [3.05, 3.63) is 52.8 Å². The molecule has 0 aliphatic carbocycles. The van der Waals surface area contributed by atoms with Crippen LogP contribution in [-0.2, 0) is 11.3 Å². The molecule has 1 amide bonds. The number of carbonyl (C=O) groups excluding carboxylic acids is 1. The Morgan fingerprint density at radius 3 is 2.62 bits per heavy atom. The molecule has 0 fully saturated rings. The Hall–Kier alpha value is -3.50. The van der Waals surface area contributed by atoms with Gasteiger partial charge in [0.15, 0.2) is 16.3 Å². The van der Waals surface area contributed by atoms with Crippen LogP contribution in [0.25, 0.3) is 16.3 Å². The van der Waals surface area contributed by atoms with E-state index < -0.39 is 0 Å². The van der Waals surface area contributed by atoms with Crippen molar-refractivity contribution >= 4 is 33.5 Å². The quantitative estimate of drug-likeness (QED) is 0.463. The van der Waals surface area contributed by atoms with Crippen molar-refractivity contribution in [1.82, 2.24) is 4.57 Å². The molecular formula is C22H20N2O4S. The monoisotopic (exact) mass is 408 g/mol. The van der Waals surface area contributed by atoms with Crippen LogP contribution in [0.2, 0.25) is 0 Å². The van der Waals surface area contributed by atoms with Crippen molar-refractivity contribution in [2.45, 2.75) is 6.54 Å². The summed E-state index contributed by atoms with van der Waals surface area (Å²) in [6.45, 7) is 0.317. The van der Waals surface area contributed by atoms with Crippen molar-refractivity contribution in [3.63, 3.8) is 0 Å². The zero-order chi connectivity index (χ0) is 20.8. The topological polar surface area (TPSA) is 62.1 Å². The van der Waals surface area contributed by atoms with Gasteiger partial charge in [0.05, 0.1) is 38.1 Å². The number of terminal acetylenes is 1. The van der Waals surface area contributed by atoms with E-state index >= 15 is 0 Å². The molecule has 0 aliphatic rings. The highest BCUT2D eigenvalue weighted by Crippen LogP contribution is 2.28. The summed E-state index contributed by atoms with van der Waals surface area (Å²) in [4.78, 5) is 17.2. The Morgan fingerprint density at radius 2 is 1.93 bits per heavy atom. The molecule has 7 heteroatoms. The molecule has 0 bridgehead atoms. The number of hydrogen-bond donors (Lipinski definition) is 0. The lowest BCUT2D eigenvalue weighted by molar-refractivity contribution is -0.113. The Kier molecular flexibility index (Phi) is 6.37. The van der Waals surface area contributed by atoms with Crippen molar-refractivity contribution in [3.8, 4) is 29.6 Å². The molecule has 0 unspecified atom stereocenters. The SMILES string of the molecule is C#CCn1c(=NC(=O)/C=C\c2ccc(OC)c(OC)c2)sc2cc(OC)ccc21. The molecule has 0 saturated carbocycles. The van der Waals surface area contributed by atoms with Gasteiger partial charge in [-0.05, 0) is 42.0 Å². The van der Waals surface area contributed by atoms with E-state index in [4.69, 9.17) is 20.6 Å². The van der Waals surface area contributed by atoms with Gasteiger partial charge in [0.25, 0.3) is 5.91 Å². The molecule has 0 aliphatic heterocycles. The largest absolute Gasteiger partial charge is 0.497 e. The third kappa shape index (κ3) is 4.50. The number of benzene rings is 2. The van der Waals surface area contributed by atoms with Gasteiger partial charge < -0.3 is 18.8 Å². The minimum Gasteiger partial charge on any atom is -0.497 e. The molecule has 6 nitrogen and oxygen atoms in total. The predicted molar refractivity (Wildman–Crippen MR) is 114 cm³/mol. The van der Waals surface area contributed by atoms with Crippen LogP contribution in [0.4, 0.5) is 0 Å². The van der Waals surface area contributed by atoms with Crippen LogP contribution in [0.1, 0.15) is 5.56 Å². The zero-order valence-electron chi connectivity index (χ0n) is 16.3. The smallest absolute Gasteiger partial charge is 0.272 e. The Morgan fingerprint density at radius 1 is 1.14 bits per heavy atom. The highest BCUT2D eigenvalue weighted by Gasteiger charge is 2.08. The van der Waals surface area contributed by atoms with Crippen LogP contribution < -0.4 is 19.0 Å². The molecule has 0 N–H and O–H groups in total. The van der Waals surface area contributed by atoms with Crippen LogP contribution in [-0.4, -0.2) is 31.8 Å². The molecule has 148 valence electrons. The van der Waals surface area contributed by atoms with Gasteiger partial charge in [-0.3, -0.25) is 4.79 Å². The maximum absolute atomic E-state index is 12.4. The number of fused-ring (bicyclic) bond motifs is 1. The maximum Gasteiger partial charge on any atom is 0.272 e. The van der Waals surface area contributed by atoms with Gasteiger partial charge >= 0.3 is 0 Å². The summed E-state index contributed by atoms with van der Waals surface area (Å²) in [5, 5.41) is 0. The zero-order valence-corrected chi connectivity index (χ0v) is 17.2. The number of thiazole rings is 1. The normalized spacial score (nSPS) is 11.6. The molecule has 1 aromatic heterocycles. The fraction of sp³-hybridized carbons (Fsp3) is 0.182. The lowest BCUT2D eigenvalue weighted by Gasteiger charge is -2.07. The Labute approximate surface area is 172 Å². The second kappa shape index (κ2) is 9.13. The van der Waals surface area contributed by atoms with Crippen LogP contribution >= 0.6 is 11.3 Å². The summed E-state index contributed by atoms with van der Waals surface area (Å²) in [5.74, 6) is 4.17. The van der Waals surface area contributed by atoms with E-state index in [1.165, 1.54) is 17.4 Å². The van der Waals surface area contributed by atoms with Gasteiger partial charge in [-0.15, -0.1) is 6.42 Å². The number of aromatic nitrogens is 1. The van der Waals surface area contributed by atoms with E-state index in [9.17, 15) is 4.79 Å². The van der Waals surface area contributed by atoms with Crippen LogP contribution in [0.5, 0.6) is 17.2 Å². The van der Waals surface area contributed by atoms with Crippen molar-refractivity contribution < 1.29 is 19.0 Å². The van der Waals surface area contributed by atoms with Gasteiger partial charge in [-0.2, -0.15) is 4.99 Å². The van der Waals surface area contributed by atoms with E-state index in [-0.39, 0.29) is 5.91 Å². The second-order valence-corrected chi connectivity index (χ2v) is 6.92. The number of amides is 1. The molecular weight excluding hydrogens is 388 g/mol. The standard InChI is InChI=1S/C22H20N2O4S/c1-5-12-24-17-9-8-16(26-2)14-20(17)29-22(24)23-21(25)11-7-15-6-10-18(27-3)19(13-15)28-4/h1,6-11,13-14H,12H2,2-4H3/b11-7-,23-22?. The minimum atomic E-state index is -0.385. The molecule has 29 heavy (non-hydrogen) atoms. The van der Waals surface area contributed by atoms with Crippen molar-refractivity contribution in [2.75, 3.05) is 21.3 Å². The van der Waals surface area contributed by atoms with E-state index in [1.54, 1.807) is 39.5 Å². The van der Waals surface area contributed by atoms with Gasteiger partial charge in [0.1, 0.15) is 5.75 Å². The Balaban J connectivity index is 1.94. The third-order valence-corrected chi connectivity index (χ3v) is 5.21. The summed E-state index contributed by atoms with van der Waals surface area (Å²) in [6, 6.07) is 11.0. The van der Waals surface area contributed by atoms with Crippen LogP contribution in [0.15, 0.2) is 47.5 Å². The first-order valence-corrected chi connectivity index (χ1v) is 9.51. The number of ether oxygens (including phenoxy) is 3. The average molecular weight is 408 g/mol. The number of rotatable bonds is 6. The van der Waals surface area contributed by atoms with Gasteiger partial charge in [0.2, 0.25) is 0 Å². The summed E-state index contributed by atoms with van der Waals surface area (Å²) in [5.41, 5.74) is 1.70. The number of nitrogens with zero attached hydrogens (tertiary/aromatic N) is 2. The van der Waals surface area contributed by atoms with Crippen molar-refractivity contribution in [1.29, 1.82) is 0 Å². The average Bonchev–Trinajstić information content (AvgIpc) is 3.08. The molecule has 0 spiro atoms. The molecule has 0 atom stereocenters. The van der Waals surface area contributed by atoms with Gasteiger partial charge in [0, 0.05) is 6.08 Å². The van der Waals surface area contributed by atoms with Gasteiger partial charge in [-0.1, -0.05) is 23.3 Å². The van der Waals surface area contributed by atoms with E-state index in [1.807, 2.05) is 28.8 Å². The van der Waals surface area contributed by atoms with E-state index in [0.29, 0.717) is 22.8 Å². The third-order valence-electron chi connectivity index (χ3n) is 4.17. The first kappa shape index (κ1) is 20.2. The lowest BCUT2D eigenvalue weighted by atomic mass is 10.2.